The Morgan fingerprint density at radius 1 is 1.17 bits per heavy atom. The molecule has 3 nitrogen and oxygen atoms in total. The number of rotatable bonds is 4. The Labute approximate surface area is 141 Å². The van der Waals surface area contributed by atoms with E-state index in [4.69, 9.17) is 16.6 Å². The molecule has 1 aliphatic heterocycles. The molecule has 0 radical (unpaired) electrons. The van der Waals surface area contributed by atoms with Gasteiger partial charge in [0.05, 0.1) is 11.4 Å². The third kappa shape index (κ3) is 3.45. The first-order chi connectivity index (χ1) is 11.2. The number of benzene rings is 2. The second-order valence-electron chi connectivity index (χ2n) is 5.68. The molecule has 0 aromatic heterocycles. The number of carbonyl (C=O) groups is 1. The molecule has 0 aliphatic carbocycles. The van der Waals surface area contributed by atoms with Crippen LogP contribution in [0.15, 0.2) is 53.5 Å². The highest BCUT2D eigenvalue weighted by Crippen LogP contribution is 2.28. The molecule has 0 fully saturated rings. The van der Waals surface area contributed by atoms with Crippen molar-refractivity contribution in [2.45, 2.75) is 32.2 Å². The van der Waals surface area contributed by atoms with Crippen molar-refractivity contribution in [1.82, 2.24) is 0 Å². The summed E-state index contributed by atoms with van der Waals surface area (Å²) in [6.07, 6.45) is 2.76. The van der Waals surface area contributed by atoms with Crippen molar-refractivity contribution in [2.24, 2.45) is 4.99 Å². The minimum atomic E-state index is -0.365. The number of fused-ring (bicyclic) bond motifs is 1. The molecule has 1 heterocycles. The lowest BCUT2D eigenvalue weighted by molar-refractivity contribution is -0.117. The Balaban J connectivity index is 2.13. The van der Waals surface area contributed by atoms with E-state index in [-0.39, 0.29) is 11.9 Å². The Morgan fingerprint density at radius 2 is 1.96 bits per heavy atom. The van der Waals surface area contributed by atoms with E-state index in [1.54, 1.807) is 6.07 Å². The van der Waals surface area contributed by atoms with Crippen LogP contribution in [-0.2, 0) is 4.79 Å². The molecule has 1 atom stereocenters. The molecule has 1 amide bonds. The SMILES string of the molecule is CCCC[C@@H]1N=C(c2ccccc2)c2cc(Cl)ccc2NC1=O. The zero-order valence-electron chi connectivity index (χ0n) is 13.1. The zero-order chi connectivity index (χ0) is 16.2. The average Bonchev–Trinajstić information content (AvgIpc) is 2.70. The summed E-state index contributed by atoms with van der Waals surface area (Å²) >= 11 is 6.17. The molecule has 118 valence electrons. The predicted octanol–water partition coefficient (Wildman–Crippen LogP) is 4.69. The summed E-state index contributed by atoms with van der Waals surface area (Å²) in [5.74, 6) is -0.0482. The van der Waals surface area contributed by atoms with Crippen LogP contribution in [0.5, 0.6) is 0 Å². The standard InChI is InChI=1S/C19H19ClN2O/c1-2-3-9-17-19(23)22-16-11-10-14(20)12-15(16)18(21-17)13-7-5-4-6-8-13/h4-8,10-12,17H,2-3,9H2,1H3,(H,22,23)/t17-/m0/s1. The first-order valence-corrected chi connectivity index (χ1v) is 8.31. The van der Waals surface area contributed by atoms with Crippen LogP contribution >= 0.6 is 11.6 Å². The van der Waals surface area contributed by atoms with Crippen molar-refractivity contribution in [3.05, 3.63) is 64.7 Å². The topological polar surface area (TPSA) is 41.5 Å². The van der Waals surface area contributed by atoms with Gasteiger partial charge in [-0.25, -0.2) is 0 Å². The van der Waals surface area contributed by atoms with E-state index in [0.29, 0.717) is 5.02 Å². The summed E-state index contributed by atoms with van der Waals surface area (Å²) in [5, 5.41) is 3.63. The van der Waals surface area contributed by atoms with Gasteiger partial charge in [-0.1, -0.05) is 61.7 Å². The highest BCUT2D eigenvalue weighted by molar-refractivity contribution is 6.32. The summed E-state index contributed by atoms with van der Waals surface area (Å²) in [7, 11) is 0. The van der Waals surface area contributed by atoms with Crippen molar-refractivity contribution in [1.29, 1.82) is 0 Å². The fraction of sp³-hybridized carbons (Fsp3) is 0.263. The van der Waals surface area contributed by atoms with Gasteiger partial charge in [0, 0.05) is 16.1 Å². The molecule has 0 saturated carbocycles. The number of amides is 1. The molecule has 0 saturated heterocycles. The van der Waals surface area contributed by atoms with Gasteiger partial charge < -0.3 is 5.32 Å². The van der Waals surface area contributed by atoms with E-state index < -0.39 is 0 Å². The second-order valence-corrected chi connectivity index (χ2v) is 6.12. The number of halogens is 1. The van der Waals surface area contributed by atoms with E-state index >= 15 is 0 Å². The predicted molar refractivity (Wildman–Crippen MR) is 95.5 cm³/mol. The lowest BCUT2D eigenvalue weighted by Crippen LogP contribution is -2.25. The normalized spacial score (nSPS) is 17.0. The molecule has 2 aromatic carbocycles. The number of nitrogens with one attached hydrogen (secondary N) is 1. The fourth-order valence-corrected chi connectivity index (χ4v) is 2.91. The number of benzodiazepines with no additional fused rings is 1. The molecule has 1 N–H and O–H groups in total. The van der Waals surface area contributed by atoms with Crippen molar-refractivity contribution in [3.8, 4) is 0 Å². The molecule has 1 aliphatic rings. The molecule has 23 heavy (non-hydrogen) atoms. The van der Waals surface area contributed by atoms with Crippen LogP contribution in [0.3, 0.4) is 0 Å². The van der Waals surface area contributed by atoms with Crippen LogP contribution in [0.25, 0.3) is 0 Å². The lowest BCUT2D eigenvalue weighted by Gasteiger charge is -2.10. The number of hydrogen-bond donors (Lipinski definition) is 1. The van der Waals surface area contributed by atoms with Gasteiger partial charge in [0.25, 0.3) is 0 Å². The van der Waals surface area contributed by atoms with Gasteiger partial charge in [-0.15, -0.1) is 0 Å². The summed E-state index contributed by atoms with van der Waals surface area (Å²) < 4.78 is 0. The van der Waals surface area contributed by atoms with Gasteiger partial charge in [-0.2, -0.15) is 0 Å². The summed E-state index contributed by atoms with van der Waals surface area (Å²) in [4.78, 5) is 17.3. The molecule has 0 spiro atoms. The highest BCUT2D eigenvalue weighted by Gasteiger charge is 2.25. The largest absolute Gasteiger partial charge is 0.324 e. The quantitative estimate of drug-likeness (QED) is 0.870. The molecule has 3 rings (SSSR count). The van der Waals surface area contributed by atoms with Crippen molar-refractivity contribution in [2.75, 3.05) is 5.32 Å². The van der Waals surface area contributed by atoms with Crippen LogP contribution in [0.1, 0.15) is 37.3 Å². The van der Waals surface area contributed by atoms with Crippen LogP contribution < -0.4 is 5.32 Å². The maximum absolute atomic E-state index is 12.5. The summed E-state index contributed by atoms with van der Waals surface area (Å²) in [6, 6.07) is 15.1. The smallest absolute Gasteiger partial charge is 0.249 e. The number of aliphatic imine (C=N–C) groups is 1. The van der Waals surface area contributed by atoms with E-state index in [9.17, 15) is 4.79 Å². The Kier molecular flexibility index (Phi) is 4.77. The highest BCUT2D eigenvalue weighted by atomic mass is 35.5. The Hall–Kier alpha value is -2.13. The second kappa shape index (κ2) is 6.97. The number of nitrogens with zero attached hydrogens (tertiary/aromatic N) is 1. The zero-order valence-corrected chi connectivity index (χ0v) is 13.8. The van der Waals surface area contributed by atoms with E-state index in [1.807, 2.05) is 42.5 Å². The maximum atomic E-state index is 12.5. The van der Waals surface area contributed by atoms with Crippen molar-refractivity contribution in [3.63, 3.8) is 0 Å². The van der Waals surface area contributed by atoms with Gasteiger partial charge in [-0.05, 0) is 24.6 Å². The Morgan fingerprint density at radius 3 is 2.70 bits per heavy atom. The average molecular weight is 327 g/mol. The van der Waals surface area contributed by atoms with Gasteiger partial charge in [0.2, 0.25) is 5.91 Å². The number of carbonyl (C=O) groups excluding carboxylic acids is 1. The Bertz CT molecular complexity index is 740. The monoisotopic (exact) mass is 326 g/mol. The van der Waals surface area contributed by atoms with E-state index in [0.717, 1.165) is 41.8 Å². The minimum Gasteiger partial charge on any atom is -0.324 e. The third-order valence-electron chi connectivity index (χ3n) is 3.96. The fourth-order valence-electron chi connectivity index (χ4n) is 2.74. The molecule has 0 bridgehead atoms. The number of anilines is 1. The lowest BCUT2D eigenvalue weighted by atomic mass is 10.0. The first kappa shape index (κ1) is 15.8. The van der Waals surface area contributed by atoms with Crippen LogP contribution in [0, 0.1) is 0 Å². The van der Waals surface area contributed by atoms with Gasteiger partial charge >= 0.3 is 0 Å². The number of hydrogen-bond acceptors (Lipinski definition) is 2. The van der Waals surface area contributed by atoms with Crippen molar-refractivity contribution < 1.29 is 4.79 Å². The molecular weight excluding hydrogens is 308 g/mol. The van der Waals surface area contributed by atoms with E-state index in [1.165, 1.54) is 0 Å². The molecule has 4 heteroatoms. The third-order valence-corrected chi connectivity index (χ3v) is 4.20. The summed E-state index contributed by atoms with van der Waals surface area (Å²) in [6.45, 7) is 2.12. The van der Waals surface area contributed by atoms with Gasteiger partial charge in [-0.3, -0.25) is 9.79 Å². The van der Waals surface area contributed by atoms with Crippen LogP contribution in [-0.4, -0.2) is 17.7 Å². The summed E-state index contributed by atoms with van der Waals surface area (Å²) in [5.41, 5.74) is 3.45. The molecule has 0 unspecified atom stereocenters. The van der Waals surface area contributed by atoms with Crippen LogP contribution in [0.4, 0.5) is 5.69 Å². The van der Waals surface area contributed by atoms with Gasteiger partial charge in [0.15, 0.2) is 0 Å². The minimum absolute atomic E-state index is 0.0482. The van der Waals surface area contributed by atoms with Crippen molar-refractivity contribution >= 4 is 28.9 Å². The molecule has 2 aromatic rings. The molecular formula is C19H19ClN2O. The first-order valence-electron chi connectivity index (χ1n) is 7.93. The maximum Gasteiger partial charge on any atom is 0.249 e. The van der Waals surface area contributed by atoms with Crippen LogP contribution in [0.2, 0.25) is 5.02 Å². The van der Waals surface area contributed by atoms with E-state index in [2.05, 4.69) is 12.2 Å². The number of unbranched alkanes of at least 4 members (excludes halogenated alkanes) is 1. The van der Waals surface area contributed by atoms with Gasteiger partial charge in [0.1, 0.15) is 6.04 Å².